The lowest BCUT2D eigenvalue weighted by Crippen LogP contribution is -1.97. The predicted molar refractivity (Wildman–Crippen MR) is 129 cm³/mol. The van der Waals surface area contributed by atoms with E-state index in [-0.39, 0.29) is 5.82 Å². The van der Waals surface area contributed by atoms with E-state index < -0.39 is 11.6 Å². The zero-order valence-corrected chi connectivity index (χ0v) is 18.2. The molecule has 4 rings (SSSR count). The monoisotopic (exact) mass is 440 g/mol. The van der Waals surface area contributed by atoms with Crippen LogP contribution in [0.25, 0.3) is 10.8 Å². The minimum Gasteiger partial charge on any atom is -0.206 e. The summed E-state index contributed by atoms with van der Waals surface area (Å²) in [7, 11) is 0. The molecule has 0 saturated carbocycles. The van der Waals surface area contributed by atoms with E-state index in [1.54, 1.807) is 12.1 Å². The molecule has 0 nitrogen and oxygen atoms in total. The van der Waals surface area contributed by atoms with Crippen molar-refractivity contribution in [3.05, 3.63) is 131 Å². The van der Waals surface area contributed by atoms with Crippen molar-refractivity contribution in [1.82, 2.24) is 0 Å². The molecule has 0 fully saturated rings. The van der Waals surface area contributed by atoms with Gasteiger partial charge in [-0.3, -0.25) is 0 Å². The van der Waals surface area contributed by atoms with Crippen molar-refractivity contribution in [1.29, 1.82) is 0 Å². The minimum atomic E-state index is -0.885. The van der Waals surface area contributed by atoms with Gasteiger partial charge in [0.05, 0.1) is 0 Å². The first-order valence-corrected chi connectivity index (χ1v) is 10.9. The van der Waals surface area contributed by atoms with E-state index in [1.165, 1.54) is 11.6 Å². The fourth-order valence-corrected chi connectivity index (χ4v) is 3.75. The Bertz CT molecular complexity index is 1360. The van der Waals surface area contributed by atoms with Gasteiger partial charge >= 0.3 is 0 Å². The molecule has 0 bridgehead atoms. The molecule has 3 heteroatoms. The topological polar surface area (TPSA) is 0 Å². The third-order valence-corrected chi connectivity index (χ3v) is 5.64. The van der Waals surface area contributed by atoms with Crippen LogP contribution in [0.4, 0.5) is 13.2 Å². The Labute approximate surface area is 192 Å². The first-order valence-electron chi connectivity index (χ1n) is 10.9. The van der Waals surface area contributed by atoms with Crippen LogP contribution in [0.1, 0.15) is 34.2 Å². The molecule has 0 unspecified atom stereocenters. The lowest BCUT2D eigenvalue weighted by Gasteiger charge is -2.08. The molecule has 4 aromatic rings. The Morgan fingerprint density at radius 2 is 1.39 bits per heavy atom. The largest absolute Gasteiger partial charge is 0.206 e. The first kappa shape index (κ1) is 22.4. The zero-order chi connectivity index (χ0) is 23.2. The summed E-state index contributed by atoms with van der Waals surface area (Å²) in [4.78, 5) is 0. The number of aryl methyl sites for hydroxylation is 3. The van der Waals surface area contributed by atoms with Gasteiger partial charge in [0.15, 0.2) is 11.6 Å². The quantitative estimate of drug-likeness (QED) is 0.214. The molecule has 4 aromatic carbocycles. The lowest BCUT2D eigenvalue weighted by molar-refractivity contribution is 0.507. The van der Waals surface area contributed by atoms with Gasteiger partial charge in [0.25, 0.3) is 0 Å². The molecule has 0 amide bonds. The van der Waals surface area contributed by atoms with Gasteiger partial charge in [-0.05, 0) is 84.2 Å². The molecule has 0 heterocycles. The number of hydrogen-bond donors (Lipinski definition) is 0. The number of rotatable bonds is 6. The van der Waals surface area contributed by atoms with Crippen LogP contribution < -0.4 is 0 Å². The maximum Gasteiger partial charge on any atom is 0.159 e. The average Bonchev–Trinajstić information content (AvgIpc) is 2.83. The maximum atomic E-state index is 15.0. The molecule has 33 heavy (non-hydrogen) atoms. The Kier molecular flexibility index (Phi) is 6.95. The first-order chi connectivity index (χ1) is 16.0. The van der Waals surface area contributed by atoms with Crippen LogP contribution >= 0.6 is 0 Å². The molecule has 0 aliphatic rings. The highest BCUT2D eigenvalue weighted by Gasteiger charge is 2.09. The third-order valence-electron chi connectivity index (χ3n) is 5.64. The van der Waals surface area contributed by atoms with Crippen LogP contribution in [-0.4, -0.2) is 0 Å². The number of benzene rings is 4. The van der Waals surface area contributed by atoms with Gasteiger partial charge in [-0.2, -0.15) is 0 Å². The van der Waals surface area contributed by atoms with Crippen molar-refractivity contribution in [2.75, 3.05) is 0 Å². The highest BCUT2D eigenvalue weighted by Crippen LogP contribution is 2.24. The van der Waals surface area contributed by atoms with Crippen LogP contribution in [-0.2, 0) is 19.3 Å². The summed E-state index contributed by atoms with van der Waals surface area (Å²) in [6.45, 7) is 3.75. The van der Waals surface area contributed by atoms with Gasteiger partial charge in [-0.1, -0.05) is 54.3 Å². The molecule has 164 valence electrons. The molecule has 0 N–H and O–H groups in total. The van der Waals surface area contributed by atoms with Crippen molar-refractivity contribution >= 4 is 10.8 Å². The van der Waals surface area contributed by atoms with Gasteiger partial charge < -0.3 is 0 Å². The third kappa shape index (κ3) is 5.54. The maximum absolute atomic E-state index is 15.0. The van der Waals surface area contributed by atoms with Crippen LogP contribution in [0.5, 0.6) is 0 Å². The van der Waals surface area contributed by atoms with Gasteiger partial charge in [0.1, 0.15) is 5.82 Å². The van der Waals surface area contributed by atoms with Crippen molar-refractivity contribution in [3.63, 3.8) is 0 Å². The van der Waals surface area contributed by atoms with Crippen molar-refractivity contribution in [2.24, 2.45) is 0 Å². The van der Waals surface area contributed by atoms with E-state index in [2.05, 4.69) is 30.6 Å². The second kappa shape index (κ2) is 10.2. The summed E-state index contributed by atoms with van der Waals surface area (Å²) in [6, 6.07) is 21.0. The van der Waals surface area contributed by atoms with Crippen LogP contribution in [0.15, 0.2) is 85.5 Å². The van der Waals surface area contributed by atoms with E-state index in [4.69, 9.17) is 0 Å². The second-order valence-electron chi connectivity index (χ2n) is 8.00. The van der Waals surface area contributed by atoms with Gasteiger partial charge in [-0.25, -0.2) is 13.2 Å². The molecule has 0 aromatic heterocycles. The number of hydrogen-bond acceptors (Lipinski definition) is 0. The molecular weight excluding hydrogens is 417 g/mol. The highest BCUT2D eigenvalue weighted by atomic mass is 19.2. The molecule has 0 radical (unpaired) electrons. The summed E-state index contributed by atoms with van der Waals surface area (Å²) >= 11 is 0. The number of allylic oxidation sites excluding steroid dienone is 1. The summed E-state index contributed by atoms with van der Waals surface area (Å²) in [5.41, 5.74) is 4.17. The molecule has 0 aliphatic heterocycles. The van der Waals surface area contributed by atoms with Gasteiger partial charge in [0.2, 0.25) is 0 Å². The minimum absolute atomic E-state index is 0.287. The number of fused-ring (bicyclic) bond motifs is 1. The predicted octanol–water partition coefficient (Wildman–Crippen LogP) is 7.56. The highest BCUT2D eigenvalue weighted by molar-refractivity contribution is 5.85. The van der Waals surface area contributed by atoms with Crippen molar-refractivity contribution in [2.45, 2.75) is 25.7 Å². The Morgan fingerprint density at radius 3 is 2.15 bits per heavy atom. The van der Waals surface area contributed by atoms with E-state index in [9.17, 15) is 8.78 Å². The van der Waals surface area contributed by atoms with Gasteiger partial charge in [0, 0.05) is 16.5 Å². The van der Waals surface area contributed by atoms with E-state index >= 15 is 4.39 Å². The zero-order valence-electron chi connectivity index (χ0n) is 18.2. The molecule has 0 aliphatic carbocycles. The Balaban J connectivity index is 1.49. The lowest BCUT2D eigenvalue weighted by atomic mass is 9.99. The number of halogens is 3. The SMILES string of the molecule is C=CCCc1ccc(C#Cc2ccc3c(F)c(CCc4ccc(F)c(F)c4)ccc3c2)cc1. The summed E-state index contributed by atoms with van der Waals surface area (Å²) in [5, 5.41) is 1.30. The van der Waals surface area contributed by atoms with Crippen molar-refractivity contribution < 1.29 is 13.2 Å². The smallest absolute Gasteiger partial charge is 0.159 e. The van der Waals surface area contributed by atoms with E-state index in [0.717, 1.165) is 41.5 Å². The van der Waals surface area contributed by atoms with Gasteiger partial charge in [-0.15, -0.1) is 6.58 Å². The fourth-order valence-electron chi connectivity index (χ4n) is 3.75. The standard InChI is InChI=1S/C30H23F3/c1-2-3-4-21-5-7-22(8-6-21)9-10-23-12-17-27-26(19-23)16-15-25(30(27)33)14-11-24-13-18-28(31)29(32)20-24/h2,5-8,12-13,15-20H,1,3-4,11,14H2. The molecule has 0 atom stereocenters. The summed E-state index contributed by atoms with van der Waals surface area (Å²) in [5.74, 6) is 4.26. The summed E-state index contributed by atoms with van der Waals surface area (Å²) in [6.07, 6.45) is 4.65. The van der Waals surface area contributed by atoms with Crippen LogP contribution in [0, 0.1) is 29.3 Å². The molecular formula is C30H23F3. The Morgan fingerprint density at radius 1 is 0.667 bits per heavy atom. The summed E-state index contributed by atoms with van der Waals surface area (Å²) < 4.78 is 41.5. The molecule has 0 spiro atoms. The van der Waals surface area contributed by atoms with Crippen LogP contribution in [0.2, 0.25) is 0 Å². The van der Waals surface area contributed by atoms with E-state index in [1.807, 2.05) is 36.4 Å². The Hall–Kier alpha value is -3.77. The average molecular weight is 441 g/mol. The normalized spacial score (nSPS) is 10.6. The van der Waals surface area contributed by atoms with Crippen LogP contribution in [0.3, 0.4) is 0 Å². The fraction of sp³-hybridized carbons (Fsp3) is 0.133. The van der Waals surface area contributed by atoms with E-state index in [0.29, 0.717) is 29.4 Å². The van der Waals surface area contributed by atoms with Crippen molar-refractivity contribution in [3.8, 4) is 11.8 Å². The second-order valence-corrected chi connectivity index (χ2v) is 8.00. The molecule has 0 saturated heterocycles.